The highest BCUT2D eigenvalue weighted by Crippen LogP contribution is 2.16. The van der Waals surface area contributed by atoms with Crippen molar-refractivity contribution in [2.24, 2.45) is 0 Å². The molecule has 1 rings (SSSR count). The fourth-order valence-corrected chi connectivity index (χ4v) is 1.11. The molecular weight excluding hydrogens is 192 g/mol. The topological polar surface area (TPSA) is 33.7 Å². The molecule has 1 aromatic carbocycles. The Balaban J connectivity index is 2.25. The molecule has 0 radical (unpaired) electrons. The zero-order valence-electron chi connectivity index (χ0n) is 9.49. The number of benzene rings is 1. The maximum atomic E-state index is 5.51. The van der Waals surface area contributed by atoms with Gasteiger partial charge >= 0.3 is 0 Å². The van der Waals surface area contributed by atoms with Crippen molar-refractivity contribution in [1.82, 2.24) is 10.4 Å². The molecule has 4 heteroatoms. The molecule has 1 aromatic rings. The molecule has 0 aliphatic rings. The normalized spacial score (nSPS) is 10.4. The van der Waals surface area contributed by atoms with Gasteiger partial charge in [-0.05, 0) is 24.3 Å². The summed E-state index contributed by atoms with van der Waals surface area (Å²) in [5, 5.41) is 1.90. The Bertz CT molecular complexity index is 272. The summed E-state index contributed by atoms with van der Waals surface area (Å²) in [6.45, 7) is 1.43. The second-order valence-electron chi connectivity index (χ2n) is 3.33. The number of rotatable bonds is 6. The third-order valence-corrected chi connectivity index (χ3v) is 1.86. The van der Waals surface area contributed by atoms with E-state index in [0.29, 0.717) is 6.61 Å². The lowest BCUT2D eigenvalue weighted by molar-refractivity contribution is 0.237. The molecule has 0 saturated heterocycles. The first-order valence-electron chi connectivity index (χ1n) is 4.90. The second-order valence-corrected chi connectivity index (χ2v) is 3.33. The lowest BCUT2D eigenvalue weighted by atomic mass is 10.3. The number of nitrogens with zero attached hydrogens (tertiary/aromatic N) is 1. The molecule has 15 heavy (non-hydrogen) atoms. The van der Waals surface area contributed by atoms with Gasteiger partial charge in [-0.2, -0.15) is 0 Å². The van der Waals surface area contributed by atoms with Crippen molar-refractivity contribution in [1.29, 1.82) is 0 Å². The fraction of sp³-hybridized carbons (Fsp3) is 0.455. The minimum atomic E-state index is 0.643. The highest BCUT2D eigenvalue weighted by atomic mass is 16.5. The molecular formula is C11H18N2O2. The first kappa shape index (κ1) is 11.8. The molecule has 0 aliphatic heterocycles. The molecule has 0 atom stereocenters. The molecule has 0 fully saturated rings. The Labute approximate surface area is 90.8 Å². The summed E-state index contributed by atoms with van der Waals surface area (Å²) in [7, 11) is 5.55. The SMILES string of the molecule is COc1ccc(OCCNN(C)C)cc1. The molecule has 0 bridgehead atoms. The summed E-state index contributed by atoms with van der Waals surface area (Å²) in [6, 6.07) is 7.56. The van der Waals surface area contributed by atoms with Gasteiger partial charge in [-0.3, -0.25) is 10.4 Å². The van der Waals surface area contributed by atoms with E-state index in [4.69, 9.17) is 9.47 Å². The maximum absolute atomic E-state index is 5.51. The van der Waals surface area contributed by atoms with Gasteiger partial charge in [0.15, 0.2) is 0 Å². The Morgan fingerprint density at radius 1 is 1.13 bits per heavy atom. The van der Waals surface area contributed by atoms with Crippen molar-refractivity contribution < 1.29 is 9.47 Å². The van der Waals surface area contributed by atoms with E-state index in [2.05, 4.69) is 5.43 Å². The molecule has 0 aliphatic carbocycles. The van der Waals surface area contributed by atoms with Crippen molar-refractivity contribution in [3.05, 3.63) is 24.3 Å². The summed E-state index contributed by atoms with van der Waals surface area (Å²) in [5.41, 5.74) is 3.12. The number of hydrogen-bond donors (Lipinski definition) is 1. The van der Waals surface area contributed by atoms with Crippen molar-refractivity contribution >= 4 is 0 Å². The Morgan fingerprint density at radius 2 is 1.73 bits per heavy atom. The van der Waals surface area contributed by atoms with Gasteiger partial charge in [-0.1, -0.05) is 0 Å². The van der Waals surface area contributed by atoms with Gasteiger partial charge in [-0.25, -0.2) is 0 Å². The number of ether oxygens (including phenoxy) is 2. The van der Waals surface area contributed by atoms with Crippen LogP contribution in [-0.4, -0.2) is 39.4 Å². The van der Waals surface area contributed by atoms with Crippen LogP contribution in [0.15, 0.2) is 24.3 Å². The van der Waals surface area contributed by atoms with Crippen LogP contribution in [0.25, 0.3) is 0 Å². The molecule has 1 N–H and O–H groups in total. The van der Waals surface area contributed by atoms with Crippen molar-refractivity contribution in [3.8, 4) is 11.5 Å². The van der Waals surface area contributed by atoms with Crippen LogP contribution in [0.3, 0.4) is 0 Å². The van der Waals surface area contributed by atoms with Crippen LogP contribution in [0, 0.1) is 0 Å². The predicted molar refractivity (Wildman–Crippen MR) is 60.2 cm³/mol. The number of hydrogen-bond acceptors (Lipinski definition) is 4. The van der Waals surface area contributed by atoms with Crippen LogP contribution in [0.4, 0.5) is 0 Å². The standard InChI is InChI=1S/C11H18N2O2/c1-13(2)12-8-9-15-11-6-4-10(14-3)5-7-11/h4-7,12H,8-9H2,1-3H3. The van der Waals surface area contributed by atoms with E-state index in [1.165, 1.54) is 0 Å². The van der Waals surface area contributed by atoms with Crippen LogP contribution >= 0.6 is 0 Å². The zero-order valence-corrected chi connectivity index (χ0v) is 9.49. The molecule has 0 heterocycles. The number of nitrogens with one attached hydrogen (secondary N) is 1. The summed E-state index contributed by atoms with van der Waals surface area (Å²) < 4.78 is 10.6. The summed E-state index contributed by atoms with van der Waals surface area (Å²) in [5.74, 6) is 1.70. The zero-order chi connectivity index (χ0) is 11.1. The van der Waals surface area contributed by atoms with E-state index < -0.39 is 0 Å². The van der Waals surface area contributed by atoms with Crippen molar-refractivity contribution in [2.45, 2.75) is 0 Å². The molecule has 0 spiro atoms. The van der Waals surface area contributed by atoms with Gasteiger partial charge in [0.1, 0.15) is 18.1 Å². The molecule has 0 saturated carbocycles. The van der Waals surface area contributed by atoms with Crippen molar-refractivity contribution in [2.75, 3.05) is 34.4 Å². The Morgan fingerprint density at radius 3 is 2.27 bits per heavy atom. The van der Waals surface area contributed by atoms with Gasteiger partial charge < -0.3 is 9.47 Å². The first-order valence-corrected chi connectivity index (χ1v) is 4.90. The third kappa shape index (κ3) is 4.67. The van der Waals surface area contributed by atoms with E-state index in [0.717, 1.165) is 18.0 Å². The highest BCUT2D eigenvalue weighted by Gasteiger charge is 1.95. The first-order chi connectivity index (χ1) is 7.22. The molecule has 0 unspecified atom stereocenters. The van der Waals surface area contributed by atoms with Gasteiger partial charge in [0, 0.05) is 20.6 Å². The quantitative estimate of drug-likeness (QED) is 0.564. The van der Waals surface area contributed by atoms with E-state index >= 15 is 0 Å². The van der Waals surface area contributed by atoms with Crippen LogP contribution in [-0.2, 0) is 0 Å². The van der Waals surface area contributed by atoms with E-state index in [9.17, 15) is 0 Å². The predicted octanol–water partition coefficient (Wildman–Crippen LogP) is 1.14. The number of hydrazine groups is 1. The van der Waals surface area contributed by atoms with Crippen LogP contribution < -0.4 is 14.9 Å². The molecule has 0 aromatic heterocycles. The molecule has 0 amide bonds. The third-order valence-electron chi connectivity index (χ3n) is 1.86. The largest absolute Gasteiger partial charge is 0.497 e. The van der Waals surface area contributed by atoms with E-state index in [1.54, 1.807) is 7.11 Å². The Hall–Kier alpha value is -1.26. The highest BCUT2D eigenvalue weighted by molar-refractivity contribution is 5.31. The monoisotopic (exact) mass is 210 g/mol. The fourth-order valence-electron chi connectivity index (χ4n) is 1.11. The second kappa shape index (κ2) is 6.27. The van der Waals surface area contributed by atoms with Gasteiger partial charge in [0.05, 0.1) is 7.11 Å². The molecule has 84 valence electrons. The smallest absolute Gasteiger partial charge is 0.119 e. The lowest BCUT2D eigenvalue weighted by Crippen LogP contribution is -2.33. The summed E-state index contributed by atoms with van der Waals surface area (Å²) >= 11 is 0. The minimum absolute atomic E-state index is 0.643. The van der Waals surface area contributed by atoms with Gasteiger partial charge in [0.2, 0.25) is 0 Å². The lowest BCUT2D eigenvalue weighted by Gasteiger charge is -2.12. The molecule has 4 nitrogen and oxygen atoms in total. The maximum Gasteiger partial charge on any atom is 0.119 e. The van der Waals surface area contributed by atoms with Crippen LogP contribution in [0.5, 0.6) is 11.5 Å². The van der Waals surface area contributed by atoms with E-state index in [1.807, 2.05) is 43.4 Å². The summed E-state index contributed by atoms with van der Waals surface area (Å²) in [6.07, 6.45) is 0. The summed E-state index contributed by atoms with van der Waals surface area (Å²) in [4.78, 5) is 0. The van der Waals surface area contributed by atoms with Crippen LogP contribution in [0.1, 0.15) is 0 Å². The van der Waals surface area contributed by atoms with E-state index in [-0.39, 0.29) is 0 Å². The van der Waals surface area contributed by atoms with Gasteiger partial charge in [-0.15, -0.1) is 0 Å². The van der Waals surface area contributed by atoms with Crippen LogP contribution in [0.2, 0.25) is 0 Å². The van der Waals surface area contributed by atoms with Gasteiger partial charge in [0.25, 0.3) is 0 Å². The Kier molecular flexibility index (Phi) is 4.93. The van der Waals surface area contributed by atoms with Crippen molar-refractivity contribution in [3.63, 3.8) is 0 Å². The average Bonchev–Trinajstić information content (AvgIpc) is 2.25. The minimum Gasteiger partial charge on any atom is -0.497 e. The average molecular weight is 210 g/mol. The number of methoxy groups -OCH3 is 1.